The standard InChI is InChI=1S/C23H12O/c24-20-12-11-16-18-10-8-14-4-1-3-13-7-9-17(23(18)21(13)14)15-5-2-6-19(20)22(15)16/h1-12H. The minimum atomic E-state index is 0.0981. The molecule has 0 heterocycles. The van der Waals surface area contributed by atoms with Crippen LogP contribution in [-0.2, 0) is 0 Å². The summed E-state index contributed by atoms with van der Waals surface area (Å²) in [5.74, 6) is 0.0981. The van der Waals surface area contributed by atoms with Crippen LogP contribution >= 0.6 is 0 Å². The second kappa shape index (κ2) is 4.01. The third kappa shape index (κ3) is 1.30. The highest BCUT2D eigenvalue weighted by Gasteiger charge is 2.20. The van der Waals surface area contributed by atoms with Crippen LogP contribution in [0.3, 0.4) is 0 Å². The molecule has 0 fully saturated rings. The molecule has 1 aliphatic carbocycles. The van der Waals surface area contributed by atoms with Crippen LogP contribution in [-0.4, -0.2) is 5.78 Å². The third-order valence-corrected chi connectivity index (χ3v) is 5.36. The smallest absolute Gasteiger partial charge is 0.186 e. The van der Waals surface area contributed by atoms with Gasteiger partial charge in [0.25, 0.3) is 0 Å². The maximum Gasteiger partial charge on any atom is 0.186 e. The third-order valence-electron chi connectivity index (χ3n) is 5.36. The number of benzene rings is 5. The second-order valence-corrected chi connectivity index (χ2v) is 6.52. The lowest BCUT2D eigenvalue weighted by Crippen LogP contribution is -2.02. The Morgan fingerprint density at radius 3 is 2.08 bits per heavy atom. The first-order valence-electron chi connectivity index (χ1n) is 8.17. The predicted octanol–water partition coefficient (Wildman–Crippen LogP) is 5.95. The normalized spacial score (nSPS) is 13.8. The van der Waals surface area contributed by atoms with Crippen molar-refractivity contribution in [3.63, 3.8) is 0 Å². The average Bonchev–Trinajstić information content (AvgIpc) is 2.63. The van der Waals surface area contributed by atoms with E-state index in [2.05, 4.69) is 48.5 Å². The van der Waals surface area contributed by atoms with Crippen molar-refractivity contribution < 1.29 is 4.79 Å². The van der Waals surface area contributed by atoms with Gasteiger partial charge in [-0.15, -0.1) is 0 Å². The van der Waals surface area contributed by atoms with E-state index >= 15 is 0 Å². The van der Waals surface area contributed by atoms with Gasteiger partial charge in [0, 0.05) is 10.9 Å². The number of fused-ring (bicyclic) bond motifs is 2. The fourth-order valence-electron chi connectivity index (χ4n) is 4.36. The summed E-state index contributed by atoms with van der Waals surface area (Å²) < 4.78 is 0. The van der Waals surface area contributed by atoms with E-state index in [-0.39, 0.29) is 5.78 Å². The molecule has 1 heteroatoms. The van der Waals surface area contributed by atoms with Crippen LogP contribution in [0.25, 0.3) is 49.2 Å². The molecule has 0 atom stereocenters. The van der Waals surface area contributed by atoms with Gasteiger partial charge < -0.3 is 0 Å². The lowest BCUT2D eigenvalue weighted by atomic mass is 9.84. The molecule has 1 aliphatic rings. The molecular weight excluding hydrogens is 292 g/mol. The van der Waals surface area contributed by atoms with Crippen molar-refractivity contribution in [2.45, 2.75) is 0 Å². The van der Waals surface area contributed by atoms with E-state index in [0.29, 0.717) is 0 Å². The number of allylic oxidation sites excluding steroid dienone is 1. The van der Waals surface area contributed by atoms with Gasteiger partial charge in [-0.05, 0) is 55.4 Å². The van der Waals surface area contributed by atoms with Crippen LogP contribution in [0.2, 0.25) is 0 Å². The quantitative estimate of drug-likeness (QED) is 0.255. The summed E-state index contributed by atoms with van der Waals surface area (Å²) >= 11 is 0. The van der Waals surface area contributed by atoms with Crippen LogP contribution in [0, 0.1) is 0 Å². The molecule has 24 heavy (non-hydrogen) atoms. The molecule has 0 spiro atoms. The summed E-state index contributed by atoms with van der Waals surface area (Å²) in [6, 6.07) is 21.3. The predicted molar refractivity (Wildman–Crippen MR) is 101 cm³/mol. The Bertz CT molecular complexity index is 1340. The van der Waals surface area contributed by atoms with Gasteiger partial charge in [-0.1, -0.05) is 60.7 Å². The van der Waals surface area contributed by atoms with Gasteiger partial charge in [0.15, 0.2) is 5.78 Å². The average molecular weight is 304 g/mol. The Kier molecular flexibility index (Phi) is 2.05. The van der Waals surface area contributed by atoms with E-state index in [9.17, 15) is 4.79 Å². The molecule has 0 unspecified atom stereocenters. The zero-order chi connectivity index (χ0) is 15.8. The van der Waals surface area contributed by atoms with Crippen molar-refractivity contribution in [2.24, 2.45) is 0 Å². The molecule has 5 aromatic carbocycles. The van der Waals surface area contributed by atoms with Gasteiger partial charge in [-0.25, -0.2) is 0 Å². The van der Waals surface area contributed by atoms with Gasteiger partial charge in [-0.3, -0.25) is 4.79 Å². The van der Waals surface area contributed by atoms with Crippen molar-refractivity contribution >= 4 is 54.9 Å². The zero-order valence-corrected chi connectivity index (χ0v) is 12.8. The van der Waals surface area contributed by atoms with Crippen LogP contribution in [0.1, 0.15) is 15.9 Å². The number of carbonyl (C=O) groups excluding carboxylic acids is 1. The molecule has 0 aromatic heterocycles. The highest BCUT2D eigenvalue weighted by atomic mass is 16.1. The number of hydrogen-bond donors (Lipinski definition) is 0. The van der Waals surface area contributed by atoms with Crippen LogP contribution in [0.4, 0.5) is 0 Å². The Morgan fingerprint density at radius 1 is 0.542 bits per heavy atom. The number of ketones is 1. The van der Waals surface area contributed by atoms with Crippen molar-refractivity contribution in [1.29, 1.82) is 0 Å². The van der Waals surface area contributed by atoms with E-state index in [1.54, 1.807) is 6.08 Å². The maximum atomic E-state index is 12.3. The fourth-order valence-corrected chi connectivity index (χ4v) is 4.36. The Hall–Kier alpha value is -3.19. The summed E-state index contributed by atoms with van der Waals surface area (Å²) in [6.07, 6.45) is 3.69. The molecule has 0 bridgehead atoms. The number of hydrogen-bond acceptors (Lipinski definition) is 1. The molecule has 6 rings (SSSR count). The molecule has 0 N–H and O–H groups in total. The molecule has 0 saturated carbocycles. The van der Waals surface area contributed by atoms with Gasteiger partial charge in [0.1, 0.15) is 0 Å². The van der Waals surface area contributed by atoms with Crippen molar-refractivity contribution in [1.82, 2.24) is 0 Å². The Morgan fingerprint density at radius 2 is 1.25 bits per heavy atom. The Labute approximate surface area is 138 Å². The summed E-state index contributed by atoms with van der Waals surface area (Å²) in [4.78, 5) is 12.3. The van der Waals surface area contributed by atoms with E-state index < -0.39 is 0 Å². The van der Waals surface area contributed by atoms with E-state index in [4.69, 9.17) is 0 Å². The first-order chi connectivity index (χ1) is 11.8. The molecule has 0 saturated heterocycles. The van der Waals surface area contributed by atoms with Gasteiger partial charge >= 0.3 is 0 Å². The molecule has 0 aliphatic heterocycles. The molecule has 110 valence electrons. The first-order valence-corrected chi connectivity index (χ1v) is 8.17. The lowest BCUT2D eigenvalue weighted by Gasteiger charge is -2.19. The van der Waals surface area contributed by atoms with E-state index in [1.807, 2.05) is 18.2 Å². The minimum absolute atomic E-state index is 0.0981. The van der Waals surface area contributed by atoms with Crippen molar-refractivity contribution in [3.8, 4) is 0 Å². The number of carbonyl (C=O) groups is 1. The van der Waals surface area contributed by atoms with Gasteiger partial charge in [-0.2, -0.15) is 0 Å². The zero-order valence-electron chi connectivity index (χ0n) is 12.8. The Balaban J connectivity index is 2.05. The SMILES string of the molecule is O=C1C=Cc2c3ccc4cccc5ccc(c6cccc1c26)c3c45. The highest BCUT2D eigenvalue weighted by Crippen LogP contribution is 2.43. The highest BCUT2D eigenvalue weighted by molar-refractivity contribution is 6.34. The van der Waals surface area contributed by atoms with Crippen LogP contribution in [0.15, 0.2) is 66.7 Å². The summed E-state index contributed by atoms with van der Waals surface area (Å²) in [5, 5.41) is 9.90. The summed E-state index contributed by atoms with van der Waals surface area (Å²) in [7, 11) is 0. The van der Waals surface area contributed by atoms with Crippen molar-refractivity contribution in [3.05, 3.63) is 77.9 Å². The molecule has 5 aromatic rings. The van der Waals surface area contributed by atoms with Crippen LogP contribution in [0.5, 0.6) is 0 Å². The van der Waals surface area contributed by atoms with Crippen LogP contribution < -0.4 is 0 Å². The first kappa shape index (κ1) is 12.3. The molecule has 0 radical (unpaired) electrons. The largest absolute Gasteiger partial charge is 0.289 e. The van der Waals surface area contributed by atoms with Crippen molar-refractivity contribution in [2.75, 3.05) is 0 Å². The summed E-state index contributed by atoms with van der Waals surface area (Å²) in [6.45, 7) is 0. The monoisotopic (exact) mass is 304 g/mol. The molecule has 1 nitrogen and oxygen atoms in total. The molecule has 0 amide bonds. The minimum Gasteiger partial charge on any atom is -0.289 e. The molecular formula is C23H12O. The number of rotatable bonds is 0. The van der Waals surface area contributed by atoms with E-state index in [0.717, 1.165) is 10.9 Å². The second-order valence-electron chi connectivity index (χ2n) is 6.52. The lowest BCUT2D eigenvalue weighted by molar-refractivity contribution is 0.104. The fraction of sp³-hybridized carbons (Fsp3) is 0. The van der Waals surface area contributed by atoms with Gasteiger partial charge in [0.2, 0.25) is 0 Å². The summed E-state index contributed by atoms with van der Waals surface area (Å²) in [5.41, 5.74) is 1.99. The van der Waals surface area contributed by atoms with Gasteiger partial charge in [0.05, 0.1) is 0 Å². The maximum absolute atomic E-state index is 12.3. The van der Waals surface area contributed by atoms with E-state index in [1.165, 1.54) is 43.3 Å². The topological polar surface area (TPSA) is 17.1 Å².